The minimum absolute atomic E-state index is 0.0799. The first-order chi connectivity index (χ1) is 14.4. The van der Waals surface area contributed by atoms with E-state index in [2.05, 4.69) is 15.8 Å². The summed E-state index contributed by atoms with van der Waals surface area (Å²) in [6.45, 7) is 2.17. The monoisotopic (exact) mass is 447 g/mol. The first-order valence-electron chi connectivity index (χ1n) is 9.45. The van der Waals surface area contributed by atoms with Crippen LogP contribution in [0.3, 0.4) is 0 Å². The lowest BCUT2D eigenvalue weighted by atomic mass is 9.99. The maximum Gasteiger partial charge on any atom is 0.288 e. The first-order valence-corrected chi connectivity index (χ1v) is 11.8. The van der Waals surface area contributed by atoms with Crippen molar-refractivity contribution < 1.29 is 18.0 Å². The van der Waals surface area contributed by atoms with Gasteiger partial charge in [-0.2, -0.15) is 4.31 Å². The SMILES string of the molecule is Cc1nc2ccccn2c1C(=O)NNC(=O)C1CCCN(S(=O)(=O)c2cccs2)C1. The van der Waals surface area contributed by atoms with Gasteiger partial charge < -0.3 is 0 Å². The molecule has 0 bridgehead atoms. The Morgan fingerprint density at radius 2 is 2.03 bits per heavy atom. The molecular weight excluding hydrogens is 426 g/mol. The molecule has 3 aromatic rings. The van der Waals surface area contributed by atoms with E-state index >= 15 is 0 Å². The number of imidazole rings is 1. The van der Waals surface area contributed by atoms with Crippen molar-refractivity contribution in [2.45, 2.75) is 24.0 Å². The first kappa shape index (κ1) is 20.5. The number of hydrogen-bond acceptors (Lipinski definition) is 6. The van der Waals surface area contributed by atoms with Gasteiger partial charge in [0.2, 0.25) is 5.91 Å². The van der Waals surface area contributed by atoms with Crippen molar-refractivity contribution in [2.24, 2.45) is 5.92 Å². The van der Waals surface area contributed by atoms with Crippen LogP contribution < -0.4 is 10.9 Å². The maximum atomic E-state index is 12.7. The number of aromatic nitrogens is 2. The second-order valence-corrected chi connectivity index (χ2v) is 10.2. The highest BCUT2D eigenvalue weighted by Gasteiger charge is 2.34. The predicted octanol–water partition coefficient (Wildman–Crippen LogP) is 1.57. The number of pyridine rings is 1. The number of thiophene rings is 1. The molecule has 1 fully saturated rings. The van der Waals surface area contributed by atoms with E-state index in [1.165, 1.54) is 4.31 Å². The highest BCUT2D eigenvalue weighted by Crippen LogP contribution is 2.26. The summed E-state index contributed by atoms with van der Waals surface area (Å²) in [6.07, 6.45) is 2.84. The van der Waals surface area contributed by atoms with Crippen LogP contribution in [0.2, 0.25) is 0 Å². The lowest BCUT2D eigenvalue weighted by Gasteiger charge is -2.30. The summed E-state index contributed by atoms with van der Waals surface area (Å²) < 4.78 is 28.7. The Kier molecular flexibility index (Phi) is 5.58. The summed E-state index contributed by atoms with van der Waals surface area (Å²) in [5, 5.41) is 1.71. The van der Waals surface area contributed by atoms with E-state index in [9.17, 15) is 18.0 Å². The van der Waals surface area contributed by atoms with E-state index in [-0.39, 0.29) is 10.8 Å². The second-order valence-electron chi connectivity index (χ2n) is 7.05. The minimum atomic E-state index is -3.61. The van der Waals surface area contributed by atoms with Crippen LogP contribution >= 0.6 is 11.3 Å². The van der Waals surface area contributed by atoms with Crippen LogP contribution in [0.1, 0.15) is 29.0 Å². The molecule has 1 atom stereocenters. The van der Waals surface area contributed by atoms with E-state index in [0.717, 1.165) is 11.3 Å². The largest absolute Gasteiger partial charge is 0.295 e. The zero-order valence-electron chi connectivity index (χ0n) is 16.2. The molecule has 158 valence electrons. The van der Waals surface area contributed by atoms with Gasteiger partial charge in [0, 0.05) is 19.3 Å². The van der Waals surface area contributed by atoms with Gasteiger partial charge in [0.25, 0.3) is 15.9 Å². The van der Waals surface area contributed by atoms with Crippen molar-refractivity contribution in [2.75, 3.05) is 13.1 Å². The lowest BCUT2D eigenvalue weighted by molar-refractivity contribution is -0.126. The molecule has 1 saturated heterocycles. The van der Waals surface area contributed by atoms with Gasteiger partial charge in [0.05, 0.1) is 11.6 Å². The predicted molar refractivity (Wildman–Crippen MR) is 111 cm³/mol. The van der Waals surface area contributed by atoms with Crippen molar-refractivity contribution in [3.63, 3.8) is 0 Å². The van der Waals surface area contributed by atoms with E-state index in [1.807, 2.05) is 6.07 Å². The number of hydrazine groups is 1. The number of piperidine rings is 1. The molecule has 30 heavy (non-hydrogen) atoms. The van der Waals surface area contributed by atoms with Crippen LogP contribution in [0.15, 0.2) is 46.1 Å². The highest BCUT2D eigenvalue weighted by atomic mass is 32.2. The molecule has 4 heterocycles. The van der Waals surface area contributed by atoms with Crippen molar-refractivity contribution in [3.8, 4) is 0 Å². The molecule has 0 saturated carbocycles. The Morgan fingerprint density at radius 3 is 2.80 bits per heavy atom. The maximum absolute atomic E-state index is 12.7. The highest BCUT2D eigenvalue weighted by molar-refractivity contribution is 7.91. The molecule has 3 aromatic heterocycles. The Labute approximate surface area is 177 Å². The van der Waals surface area contributed by atoms with Crippen LogP contribution in [0.5, 0.6) is 0 Å². The van der Waals surface area contributed by atoms with Crippen molar-refractivity contribution in [1.29, 1.82) is 0 Å². The number of amides is 2. The molecule has 4 rings (SSSR count). The zero-order chi connectivity index (χ0) is 21.3. The standard InChI is InChI=1S/C19H21N5O4S2/c1-13-17(24-10-3-2-7-15(24)20-13)19(26)22-21-18(25)14-6-4-9-23(12-14)30(27,28)16-8-5-11-29-16/h2-3,5,7-8,10-11,14H,4,6,9,12H2,1H3,(H,21,25)(H,22,26). The number of carbonyl (C=O) groups is 2. The summed E-state index contributed by atoms with van der Waals surface area (Å²) in [4.78, 5) is 29.6. The minimum Gasteiger partial charge on any atom is -0.295 e. The number of fused-ring (bicyclic) bond motifs is 1. The summed E-state index contributed by atoms with van der Waals surface area (Å²) in [7, 11) is -3.61. The fraction of sp³-hybridized carbons (Fsp3) is 0.316. The van der Waals surface area contributed by atoms with E-state index < -0.39 is 27.8 Å². The smallest absolute Gasteiger partial charge is 0.288 e. The Morgan fingerprint density at radius 1 is 1.20 bits per heavy atom. The fourth-order valence-corrected chi connectivity index (χ4v) is 6.25. The number of nitrogens with zero attached hydrogens (tertiary/aromatic N) is 3. The summed E-state index contributed by atoms with van der Waals surface area (Å²) in [5.74, 6) is -1.45. The van der Waals surface area contributed by atoms with E-state index in [0.29, 0.717) is 36.4 Å². The Balaban J connectivity index is 1.41. The van der Waals surface area contributed by atoms with Crippen molar-refractivity contribution >= 4 is 38.8 Å². The van der Waals surface area contributed by atoms with Gasteiger partial charge in [-0.3, -0.25) is 24.8 Å². The molecule has 9 nitrogen and oxygen atoms in total. The number of sulfonamides is 1. The van der Waals surface area contributed by atoms with Gasteiger partial charge >= 0.3 is 0 Å². The van der Waals surface area contributed by atoms with Gasteiger partial charge in [0.15, 0.2) is 0 Å². The normalized spacial score (nSPS) is 17.7. The quantitative estimate of drug-likeness (QED) is 0.590. The van der Waals surface area contributed by atoms with Crippen LogP contribution in [-0.2, 0) is 14.8 Å². The number of hydrogen-bond donors (Lipinski definition) is 2. The Bertz CT molecular complexity index is 1190. The van der Waals surface area contributed by atoms with E-state index in [4.69, 9.17) is 0 Å². The van der Waals surface area contributed by atoms with Crippen molar-refractivity contribution in [1.82, 2.24) is 24.5 Å². The molecule has 11 heteroatoms. The third-order valence-corrected chi connectivity index (χ3v) is 8.30. The van der Waals surface area contributed by atoms with Gasteiger partial charge in [0.1, 0.15) is 15.6 Å². The molecule has 2 N–H and O–H groups in total. The van der Waals surface area contributed by atoms with Crippen LogP contribution in [0, 0.1) is 12.8 Å². The van der Waals surface area contributed by atoms with Crippen molar-refractivity contribution in [3.05, 3.63) is 53.3 Å². The zero-order valence-corrected chi connectivity index (χ0v) is 17.9. The average Bonchev–Trinajstić information content (AvgIpc) is 3.39. The van der Waals surface area contributed by atoms with Gasteiger partial charge in [-0.1, -0.05) is 12.1 Å². The molecule has 1 unspecified atom stereocenters. The molecule has 0 aromatic carbocycles. The summed E-state index contributed by atoms with van der Waals surface area (Å²) >= 11 is 1.15. The third-order valence-electron chi connectivity index (χ3n) is 5.06. The fourth-order valence-electron chi connectivity index (χ4n) is 3.58. The number of rotatable bonds is 4. The van der Waals surface area contributed by atoms with Gasteiger partial charge in [-0.05, 0) is 43.3 Å². The molecule has 1 aliphatic heterocycles. The van der Waals surface area contributed by atoms with Gasteiger partial charge in [-0.25, -0.2) is 13.4 Å². The second kappa shape index (κ2) is 8.17. The summed E-state index contributed by atoms with van der Waals surface area (Å²) in [6, 6.07) is 8.64. The molecule has 0 radical (unpaired) electrons. The number of aryl methyl sites for hydroxylation is 1. The summed E-state index contributed by atoms with van der Waals surface area (Å²) in [5.41, 5.74) is 6.37. The van der Waals surface area contributed by atoms with Crippen LogP contribution in [0.4, 0.5) is 0 Å². The molecule has 0 aliphatic carbocycles. The lowest BCUT2D eigenvalue weighted by Crippen LogP contribution is -2.50. The van der Waals surface area contributed by atoms with E-state index in [1.54, 1.807) is 47.2 Å². The molecule has 0 spiro atoms. The molecule has 1 aliphatic rings. The Hall–Kier alpha value is -2.76. The third kappa shape index (κ3) is 3.83. The van der Waals surface area contributed by atoms with Crippen LogP contribution in [-0.4, -0.2) is 47.0 Å². The molecule has 2 amide bonds. The average molecular weight is 448 g/mol. The number of nitrogens with one attached hydrogen (secondary N) is 2. The number of carbonyl (C=O) groups excluding carboxylic acids is 2. The topological polar surface area (TPSA) is 113 Å². The van der Waals surface area contributed by atoms with Crippen LogP contribution in [0.25, 0.3) is 5.65 Å². The van der Waals surface area contributed by atoms with Gasteiger partial charge in [-0.15, -0.1) is 11.3 Å². The molecular formula is C19H21N5O4S2.